The Morgan fingerprint density at radius 2 is 2.00 bits per heavy atom. The van der Waals surface area contributed by atoms with Crippen LogP contribution < -0.4 is 10.6 Å². The summed E-state index contributed by atoms with van der Waals surface area (Å²) in [5.74, 6) is 0.638. The maximum absolute atomic E-state index is 11.6. The fraction of sp³-hybridized carbons (Fsp3) is 0.500. The largest absolute Gasteiger partial charge is 0.357 e. The Morgan fingerprint density at radius 1 is 1.33 bits per heavy atom. The van der Waals surface area contributed by atoms with Crippen LogP contribution >= 0.6 is 0 Å². The van der Waals surface area contributed by atoms with Gasteiger partial charge in [-0.25, -0.2) is 4.99 Å². The van der Waals surface area contributed by atoms with Crippen molar-refractivity contribution >= 4 is 11.9 Å². The first-order chi connectivity index (χ1) is 9.95. The lowest BCUT2D eigenvalue weighted by Gasteiger charge is -2.20. The molecule has 1 rings (SSSR count). The second kappa shape index (κ2) is 8.29. The van der Waals surface area contributed by atoms with E-state index in [1.807, 2.05) is 19.1 Å². The fourth-order valence-electron chi connectivity index (χ4n) is 1.96. The van der Waals surface area contributed by atoms with Crippen LogP contribution in [0, 0.1) is 6.92 Å². The second-order valence-corrected chi connectivity index (χ2v) is 5.21. The fourth-order valence-corrected chi connectivity index (χ4v) is 1.96. The minimum absolute atomic E-state index is 0.0178. The summed E-state index contributed by atoms with van der Waals surface area (Å²) >= 11 is 0. The Balaban J connectivity index is 2.76. The molecule has 0 spiro atoms. The molecule has 5 heteroatoms. The van der Waals surface area contributed by atoms with E-state index in [-0.39, 0.29) is 18.5 Å². The zero-order valence-corrected chi connectivity index (χ0v) is 13.6. The molecule has 0 aliphatic carbocycles. The van der Waals surface area contributed by atoms with Crippen molar-refractivity contribution in [3.63, 3.8) is 0 Å². The van der Waals surface area contributed by atoms with E-state index in [0.29, 0.717) is 5.96 Å². The Labute approximate surface area is 127 Å². The van der Waals surface area contributed by atoms with Gasteiger partial charge in [-0.15, -0.1) is 0 Å². The third-order valence-corrected chi connectivity index (χ3v) is 3.22. The average molecular weight is 290 g/mol. The van der Waals surface area contributed by atoms with Crippen molar-refractivity contribution in [2.75, 3.05) is 27.2 Å². The van der Waals surface area contributed by atoms with Crippen molar-refractivity contribution in [3.8, 4) is 0 Å². The van der Waals surface area contributed by atoms with E-state index in [0.717, 1.165) is 6.54 Å². The van der Waals surface area contributed by atoms with Gasteiger partial charge in [0.1, 0.15) is 6.54 Å². The lowest BCUT2D eigenvalue weighted by molar-refractivity contribution is -0.127. The Kier molecular flexibility index (Phi) is 6.72. The van der Waals surface area contributed by atoms with Crippen molar-refractivity contribution < 1.29 is 4.79 Å². The van der Waals surface area contributed by atoms with E-state index >= 15 is 0 Å². The lowest BCUT2D eigenvalue weighted by atomic mass is 10.0. The number of carbonyl (C=O) groups excluding carboxylic acids is 1. The monoisotopic (exact) mass is 290 g/mol. The van der Waals surface area contributed by atoms with Crippen LogP contribution in [0.5, 0.6) is 0 Å². The topological polar surface area (TPSA) is 56.7 Å². The maximum Gasteiger partial charge on any atom is 0.243 e. The number of nitrogens with zero attached hydrogens (tertiary/aromatic N) is 2. The first kappa shape index (κ1) is 17.0. The van der Waals surface area contributed by atoms with E-state index in [4.69, 9.17) is 0 Å². The predicted octanol–water partition coefficient (Wildman–Crippen LogP) is 1.70. The van der Waals surface area contributed by atoms with Gasteiger partial charge < -0.3 is 15.5 Å². The Hall–Kier alpha value is -2.04. The summed E-state index contributed by atoms with van der Waals surface area (Å²) < 4.78 is 0. The number of aliphatic imine (C=N–C) groups is 1. The zero-order valence-electron chi connectivity index (χ0n) is 13.6. The number of guanidine groups is 1. The van der Waals surface area contributed by atoms with E-state index in [1.165, 1.54) is 16.0 Å². The summed E-state index contributed by atoms with van der Waals surface area (Å²) in [6, 6.07) is 8.37. The number of nitrogens with one attached hydrogen (secondary N) is 2. The van der Waals surface area contributed by atoms with Gasteiger partial charge in [-0.05, 0) is 31.9 Å². The maximum atomic E-state index is 11.6. The van der Waals surface area contributed by atoms with Crippen LogP contribution in [0.25, 0.3) is 0 Å². The molecule has 1 aromatic rings. The van der Waals surface area contributed by atoms with Gasteiger partial charge in [-0.3, -0.25) is 4.79 Å². The van der Waals surface area contributed by atoms with Crippen LogP contribution in [0.1, 0.15) is 31.0 Å². The van der Waals surface area contributed by atoms with E-state index < -0.39 is 0 Å². The van der Waals surface area contributed by atoms with Crippen LogP contribution in [0.2, 0.25) is 0 Å². The standard InChI is InChI=1S/C16H26N4O/c1-6-17-16(18-11-15(21)20(4)5)19-13(3)14-10-8-7-9-12(14)2/h7-10,13H,6,11H2,1-5H3,(H2,17,18,19). The molecule has 0 fully saturated rings. The van der Waals surface area contributed by atoms with E-state index in [9.17, 15) is 4.79 Å². The highest BCUT2D eigenvalue weighted by molar-refractivity contribution is 5.85. The van der Waals surface area contributed by atoms with Crippen LogP contribution in [0.4, 0.5) is 0 Å². The minimum Gasteiger partial charge on any atom is -0.357 e. The number of rotatable bonds is 5. The summed E-state index contributed by atoms with van der Waals surface area (Å²) in [5, 5.41) is 6.50. The molecule has 21 heavy (non-hydrogen) atoms. The number of aryl methyl sites for hydroxylation is 1. The highest BCUT2D eigenvalue weighted by atomic mass is 16.2. The van der Waals surface area contributed by atoms with Crippen molar-refractivity contribution in [3.05, 3.63) is 35.4 Å². The first-order valence-electron chi connectivity index (χ1n) is 7.26. The summed E-state index contributed by atoms with van der Waals surface area (Å²) in [6.45, 7) is 7.07. The number of amides is 1. The molecule has 0 saturated carbocycles. The number of likely N-dealkylation sites (N-methyl/N-ethyl adjacent to an activating group) is 1. The zero-order chi connectivity index (χ0) is 15.8. The Bertz CT molecular complexity index is 497. The molecule has 0 aliphatic rings. The van der Waals surface area contributed by atoms with E-state index in [1.54, 1.807) is 14.1 Å². The SMILES string of the molecule is CCNC(=NCC(=O)N(C)C)NC(C)c1ccccc1C. The second-order valence-electron chi connectivity index (χ2n) is 5.21. The lowest BCUT2D eigenvalue weighted by Crippen LogP contribution is -2.39. The van der Waals surface area contributed by atoms with Gasteiger partial charge in [0.25, 0.3) is 0 Å². The molecule has 0 aliphatic heterocycles. The molecular formula is C16H26N4O. The van der Waals surface area contributed by atoms with Crippen LogP contribution in [-0.4, -0.2) is 44.0 Å². The highest BCUT2D eigenvalue weighted by Crippen LogP contribution is 2.16. The summed E-state index contributed by atoms with van der Waals surface area (Å²) in [5.41, 5.74) is 2.46. The van der Waals surface area contributed by atoms with Crippen LogP contribution in [0.3, 0.4) is 0 Å². The molecular weight excluding hydrogens is 264 g/mol. The smallest absolute Gasteiger partial charge is 0.243 e. The van der Waals surface area contributed by atoms with Gasteiger partial charge in [0, 0.05) is 20.6 Å². The summed E-state index contributed by atoms with van der Waals surface area (Å²) in [7, 11) is 3.46. The number of hydrogen-bond acceptors (Lipinski definition) is 2. The minimum atomic E-state index is -0.0178. The third kappa shape index (κ3) is 5.45. The molecule has 0 heterocycles. The van der Waals surface area contributed by atoms with Gasteiger partial charge in [0.05, 0.1) is 6.04 Å². The molecule has 0 bridgehead atoms. The third-order valence-electron chi connectivity index (χ3n) is 3.22. The molecule has 0 saturated heterocycles. The van der Waals surface area contributed by atoms with Gasteiger partial charge in [0.2, 0.25) is 5.91 Å². The summed E-state index contributed by atoms with van der Waals surface area (Å²) in [4.78, 5) is 17.5. The molecule has 0 aromatic heterocycles. The molecule has 5 nitrogen and oxygen atoms in total. The molecule has 1 unspecified atom stereocenters. The van der Waals surface area contributed by atoms with Gasteiger partial charge in [-0.2, -0.15) is 0 Å². The predicted molar refractivity (Wildman–Crippen MR) is 87.4 cm³/mol. The van der Waals surface area contributed by atoms with E-state index in [2.05, 4.69) is 41.6 Å². The number of carbonyl (C=O) groups is 1. The van der Waals surface area contributed by atoms with Crippen LogP contribution in [0.15, 0.2) is 29.3 Å². The molecule has 1 atom stereocenters. The molecule has 2 N–H and O–H groups in total. The Morgan fingerprint density at radius 3 is 2.57 bits per heavy atom. The quantitative estimate of drug-likeness (QED) is 0.641. The van der Waals surface area contributed by atoms with Gasteiger partial charge in [-0.1, -0.05) is 24.3 Å². The van der Waals surface area contributed by atoms with Gasteiger partial charge in [0.15, 0.2) is 5.96 Å². The van der Waals surface area contributed by atoms with Crippen LogP contribution in [-0.2, 0) is 4.79 Å². The highest BCUT2D eigenvalue weighted by Gasteiger charge is 2.10. The summed E-state index contributed by atoms with van der Waals surface area (Å²) in [6.07, 6.45) is 0. The van der Waals surface area contributed by atoms with Gasteiger partial charge >= 0.3 is 0 Å². The average Bonchev–Trinajstić information content (AvgIpc) is 2.44. The van der Waals surface area contributed by atoms with Crippen molar-refractivity contribution in [2.24, 2.45) is 4.99 Å². The number of benzene rings is 1. The van der Waals surface area contributed by atoms with Crippen molar-refractivity contribution in [1.82, 2.24) is 15.5 Å². The molecule has 1 aromatic carbocycles. The first-order valence-corrected chi connectivity index (χ1v) is 7.26. The normalized spacial score (nSPS) is 12.7. The molecule has 0 radical (unpaired) electrons. The van der Waals surface area contributed by atoms with Crippen molar-refractivity contribution in [2.45, 2.75) is 26.8 Å². The van der Waals surface area contributed by atoms with Crippen molar-refractivity contribution in [1.29, 1.82) is 0 Å². The molecule has 1 amide bonds. The number of hydrogen-bond donors (Lipinski definition) is 2. The molecule has 116 valence electrons.